The van der Waals surface area contributed by atoms with Crippen molar-refractivity contribution in [1.29, 1.82) is 10.5 Å². The van der Waals surface area contributed by atoms with Gasteiger partial charge in [0.05, 0.1) is 12.1 Å². The van der Waals surface area contributed by atoms with E-state index in [0.717, 1.165) is 0 Å². The van der Waals surface area contributed by atoms with Gasteiger partial charge in [-0.05, 0) is 55.8 Å². The maximum Gasteiger partial charge on any atom is 2.00 e. The maximum atomic E-state index is 15.4. The molecule has 12 aromatic rings. The minimum Gasteiger partial charge on any atom is -0.207 e. The van der Waals surface area contributed by atoms with Crippen LogP contribution in [0.4, 0.5) is 176 Å². The van der Waals surface area contributed by atoms with Gasteiger partial charge >= 0.3 is 20.4 Å². The van der Waals surface area contributed by atoms with E-state index in [2.05, 4.69) is 121 Å². The summed E-state index contributed by atoms with van der Waals surface area (Å²) in [5.74, 6) is -143. The monoisotopic (exact) mass is 1960 g/mol. The number of nitrogens with zero attached hydrogens (tertiary/aromatic N) is 2. The summed E-state index contributed by atoms with van der Waals surface area (Å²) in [5.41, 5.74) is -28.7. The van der Waals surface area contributed by atoms with Crippen molar-refractivity contribution in [2.45, 2.75) is 20.3 Å². The number of nitriles is 2. The van der Waals surface area contributed by atoms with Gasteiger partial charge in [0.2, 0.25) is 0 Å². The molecule has 0 saturated carbocycles. The molecule has 0 bridgehead atoms. The Morgan fingerprint density at radius 2 is 0.270 bits per heavy atom. The molecule has 126 heavy (non-hydrogen) atoms. The van der Waals surface area contributed by atoms with Crippen LogP contribution in [-0.4, -0.2) is 24.6 Å². The predicted molar refractivity (Wildman–Crippen MR) is 374 cm³/mol. The molecule has 0 N–H and O–H groups in total. The summed E-state index contributed by atoms with van der Waals surface area (Å²) in [6.45, 7) is 2.86. The van der Waals surface area contributed by atoms with E-state index in [4.69, 9.17) is 10.5 Å². The third-order valence-electron chi connectivity index (χ3n) is 18.4. The summed E-state index contributed by atoms with van der Waals surface area (Å²) in [4.78, 5) is 0. The van der Waals surface area contributed by atoms with Gasteiger partial charge in [-0.3, -0.25) is 0 Å². The van der Waals surface area contributed by atoms with Crippen LogP contribution >= 0.6 is 15.8 Å². The zero-order valence-electron chi connectivity index (χ0n) is 61.0. The average Bonchev–Trinajstić information content (AvgIpc) is 0.684. The van der Waals surface area contributed by atoms with E-state index in [0.29, 0.717) is 0 Å². The summed E-state index contributed by atoms with van der Waals surface area (Å²) in [6, 6.07) is 47.8. The molecule has 0 spiro atoms. The molecule has 12 rings (SSSR count). The number of hydrogen-bond acceptors (Lipinski definition) is 2. The Balaban J connectivity index is 0.000000255. The fourth-order valence-corrected chi connectivity index (χ4v) is 18.3. The largest absolute Gasteiger partial charge is 2.00 e. The standard InChI is InChI=1S/C27H26P2.2C24BF20.2C2H3N.Pd/c1-5-14-24(15-6-1)28(25-16-7-2-8-17-25)22-13-23-29(26-18-9-3-10-19-26)27-20-11-4-12-21-27;2*26-5-1(6(27)14(35)21(42)13(5)34)25(2-7(28)15(36)22(43)16(37)8(2)29,3-9(30)17(38)23(44)18(39)10(3)31)4-11(32)19(40)24(45)20(41)12(4)33;2*1-2-3;/h1-12,14-21H,13,22-23H2;;;2*1H3;/q;2*-1;;;+2. The fourth-order valence-electron chi connectivity index (χ4n) is 13.4. The van der Waals surface area contributed by atoms with E-state index in [1.54, 1.807) is 12.1 Å². The topological polar surface area (TPSA) is 47.6 Å². The summed E-state index contributed by atoms with van der Waals surface area (Å²) in [6.07, 6.45) is -10.7. The zero-order chi connectivity index (χ0) is 93.9. The summed E-state index contributed by atoms with van der Waals surface area (Å²) in [5, 5.41) is 20.6. The van der Waals surface area contributed by atoms with Gasteiger partial charge in [-0.2, -0.15) is 10.5 Å². The number of benzene rings is 12. The van der Waals surface area contributed by atoms with E-state index in [9.17, 15) is 105 Å². The van der Waals surface area contributed by atoms with Crippen LogP contribution in [0.15, 0.2) is 121 Å². The molecular formula is C79H32B2F40N2P2Pd. The smallest absolute Gasteiger partial charge is 0.207 e. The van der Waals surface area contributed by atoms with Crippen LogP contribution in [0.5, 0.6) is 0 Å². The molecule has 0 aromatic heterocycles. The van der Waals surface area contributed by atoms with E-state index in [-0.39, 0.29) is 36.3 Å². The molecular weight excluding hydrogens is 1930 g/mol. The minimum absolute atomic E-state index is 0. The first kappa shape index (κ1) is 102. The third kappa shape index (κ3) is 17.5. The van der Waals surface area contributed by atoms with Gasteiger partial charge in [-0.15, -0.1) is 43.7 Å². The zero-order valence-corrected chi connectivity index (χ0v) is 64.4. The molecule has 0 radical (unpaired) electrons. The molecule has 0 atom stereocenters. The molecule has 664 valence electrons. The number of hydrogen-bond donors (Lipinski definition) is 0. The number of halogens is 40. The van der Waals surface area contributed by atoms with Crippen LogP contribution in [0, 0.1) is 255 Å². The van der Waals surface area contributed by atoms with E-state index in [1.165, 1.54) is 53.8 Å². The summed E-state index contributed by atoms with van der Waals surface area (Å²) < 4.78 is 588. The Labute approximate surface area is 695 Å². The summed E-state index contributed by atoms with van der Waals surface area (Å²) >= 11 is 0. The molecule has 0 aliphatic carbocycles. The van der Waals surface area contributed by atoms with Gasteiger partial charge < -0.3 is 0 Å². The number of rotatable bonds is 16. The van der Waals surface area contributed by atoms with Crippen molar-refractivity contribution in [1.82, 2.24) is 0 Å². The quantitative estimate of drug-likeness (QED) is 0.0318. The summed E-state index contributed by atoms with van der Waals surface area (Å²) in [7, 11) is -0.618. The maximum absolute atomic E-state index is 15.4. The SMILES string of the molecule is CC#N.CC#N.Fc1c(F)c(F)c([B-](c2c(F)c(F)c(F)c(F)c2F)(c2c(F)c(F)c(F)c(F)c2F)c2c(F)c(F)c(F)c(F)c2F)c(F)c1F.Fc1c(F)c(F)c([B-](c2c(F)c(F)c(F)c(F)c2F)(c2c(F)c(F)c(F)c(F)c2F)c2c(F)c(F)c(F)c(F)c2F)c(F)c1F.[Pd+2].c1ccc(P(CCCP(c2ccccc2)c2ccccc2)c2ccccc2)cc1. The molecule has 0 saturated heterocycles. The van der Waals surface area contributed by atoms with Crippen molar-refractivity contribution >= 4 is 93.1 Å². The Kier molecular flexibility index (Phi) is 32.9. The van der Waals surface area contributed by atoms with Gasteiger partial charge in [0.15, 0.2) is 140 Å². The molecule has 12 aromatic carbocycles. The van der Waals surface area contributed by atoms with Crippen molar-refractivity contribution < 1.29 is 196 Å². The second kappa shape index (κ2) is 40.8. The molecule has 0 unspecified atom stereocenters. The first-order chi connectivity index (χ1) is 58.6. The normalized spacial score (nSPS) is 11.3. The van der Waals surface area contributed by atoms with Crippen LogP contribution in [0.25, 0.3) is 0 Å². The third-order valence-corrected chi connectivity index (χ3v) is 23.7. The first-order valence-corrected chi connectivity index (χ1v) is 36.5. The minimum atomic E-state index is -7.22. The first-order valence-electron chi connectivity index (χ1n) is 33.5. The van der Waals surface area contributed by atoms with Crippen LogP contribution < -0.4 is 64.9 Å². The van der Waals surface area contributed by atoms with Gasteiger partial charge in [-0.25, -0.2) is 176 Å². The molecule has 0 aliphatic rings. The molecule has 0 heterocycles. The Bertz CT molecular complexity index is 5060. The van der Waals surface area contributed by atoms with Crippen molar-refractivity contribution in [2.75, 3.05) is 12.3 Å². The van der Waals surface area contributed by atoms with Gasteiger partial charge in [0.25, 0.3) is 0 Å². The molecule has 47 heteroatoms. The van der Waals surface area contributed by atoms with E-state index in [1.807, 2.05) is 0 Å². The molecule has 0 aliphatic heterocycles. The van der Waals surface area contributed by atoms with Gasteiger partial charge in [0.1, 0.15) is 105 Å². The van der Waals surface area contributed by atoms with E-state index >= 15 is 70.2 Å². The predicted octanol–water partition coefficient (Wildman–Crippen LogP) is 18.4. The van der Waals surface area contributed by atoms with Crippen molar-refractivity contribution in [2.24, 2.45) is 0 Å². The van der Waals surface area contributed by atoms with E-state index < -0.39 is 289 Å². The molecule has 2 nitrogen and oxygen atoms in total. The molecule has 0 fully saturated rings. The van der Waals surface area contributed by atoms with Gasteiger partial charge in [-0.1, -0.05) is 121 Å². The Morgan fingerprint density at radius 1 is 0.183 bits per heavy atom. The van der Waals surface area contributed by atoms with Crippen LogP contribution in [0.1, 0.15) is 20.3 Å². The molecule has 0 amide bonds. The Morgan fingerprint density at radius 3 is 0.365 bits per heavy atom. The van der Waals surface area contributed by atoms with Crippen molar-refractivity contribution in [3.8, 4) is 12.1 Å². The second-order valence-corrected chi connectivity index (χ2v) is 29.7. The van der Waals surface area contributed by atoms with Crippen molar-refractivity contribution in [3.63, 3.8) is 0 Å². The Hall–Kier alpha value is -11.5. The van der Waals surface area contributed by atoms with Gasteiger partial charge in [0, 0.05) is 13.8 Å². The van der Waals surface area contributed by atoms with Crippen LogP contribution in [0.3, 0.4) is 0 Å². The second-order valence-electron chi connectivity index (χ2n) is 25.0. The average molecular weight is 1960 g/mol. The van der Waals surface area contributed by atoms with Crippen LogP contribution in [-0.2, 0) is 20.4 Å². The van der Waals surface area contributed by atoms with Crippen molar-refractivity contribution in [3.05, 3.63) is 354 Å². The fraction of sp³-hybridized carbons (Fsp3) is 0.0633. The van der Waals surface area contributed by atoms with Crippen LogP contribution in [0.2, 0.25) is 0 Å².